The molecule has 0 saturated carbocycles. The van der Waals surface area contributed by atoms with Crippen molar-refractivity contribution in [3.8, 4) is 17.2 Å². The molecule has 3 aromatic rings. The average molecular weight is 267 g/mol. The lowest BCUT2D eigenvalue weighted by Gasteiger charge is -2.06. The molecule has 0 saturated heterocycles. The Kier molecular flexibility index (Phi) is 2.98. The van der Waals surface area contributed by atoms with Crippen molar-refractivity contribution in [1.29, 1.82) is 5.26 Å². The van der Waals surface area contributed by atoms with E-state index in [1.165, 1.54) is 0 Å². The standard InChI is InChI=1S/C16H11ClN2/c17-16-13(11-4-2-1-3-5-11)6-7-14-15(16)12(8-9-18)10-19-14/h1-7,10,19H,8H2. The first kappa shape index (κ1) is 11.8. The summed E-state index contributed by atoms with van der Waals surface area (Å²) in [7, 11) is 0. The van der Waals surface area contributed by atoms with E-state index in [4.69, 9.17) is 16.9 Å². The van der Waals surface area contributed by atoms with Crippen molar-refractivity contribution in [3.63, 3.8) is 0 Å². The number of H-pyrrole nitrogens is 1. The molecule has 92 valence electrons. The van der Waals surface area contributed by atoms with E-state index in [1.807, 2.05) is 48.7 Å². The van der Waals surface area contributed by atoms with Crippen molar-refractivity contribution in [3.05, 3.63) is 59.2 Å². The zero-order chi connectivity index (χ0) is 13.2. The fourth-order valence-corrected chi connectivity index (χ4v) is 2.71. The molecule has 1 aromatic heterocycles. The highest BCUT2D eigenvalue weighted by Crippen LogP contribution is 2.35. The van der Waals surface area contributed by atoms with Crippen LogP contribution in [-0.4, -0.2) is 4.98 Å². The lowest BCUT2D eigenvalue weighted by atomic mass is 10.0. The van der Waals surface area contributed by atoms with Gasteiger partial charge in [-0.2, -0.15) is 5.26 Å². The minimum Gasteiger partial charge on any atom is -0.361 e. The number of nitrogens with one attached hydrogen (secondary N) is 1. The second kappa shape index (κ2) is 4.79. The Balaban J connectivity index is 2.26. The summed E-state index contributed by atoms with van der Waals surface area (Å²) in [4.78, 5) is 3.16. The van der Waals surface area contributed by atoms with E-state index in [9.17, 15) is 0 Å². The van der Waals surface area contributed by atoms with E-state index < -0.39 is 0 Å². The summed E-state index contributed by atoms with van der Waals surface area (Å²) in [6.07, 6.45) is 2.21. The molecule has 0 amide bonds. The van der Waals surface area contributed by atoms with Crippen LogP contribution in [0.3, 0.4) is 0 Å². The number of hydrogen-bond donors (Lipinski definition) is 1. The van der Waals surface area contributed by atoms with Crippen LogP contribution in [0.5, 0.6) is 0 Å². The molecule has 19 heavy (non-hydrogen) atoms. The summed E-state index contributed by atoms with van der Waals surface area (Å²) in [5, 5.41) is 10.5. The van der Waals surface area contributed by atoms with Crippen LogP contribution in [0.2, 0.25) is 5.02 Å². The number of rotatable bonds is 2. The van der Waals surface area contributed by atoms with Gasteiger partial charge < -0.3 is 4.98 Å². The first-order chi connectivity index (χ1) is 9.31. The van der Waals surface area contributed by atoms with Crippen LogP contribution in [0.25, 0.3) is 22.0 Å². The molecule has 0 fully saturated rings. The highest BCUT2D eigenvalue weighted by molar-refractivity contribution is 6.38. The van der Waals surface area contributed by atoms with Gasteiger partial charge in [0.1, 0.15) is 0 Å². The molecule has 1 heterocycles. The number of halogens is 1. The predicted octanol–water partition coefficient (Wildman–Crippen LogP) is 4.55. The molecule has 0 aliphatic heterocycles. The van der Waals surface area contributed by atoms with Gasteiger partial charge in [-0.05, 0) is 17.2 Å². The zero-order valence-corrected chi connectivity index (χ0v) is 10.9. The number of fused-ring (bicyclic) bond motifs is 1. The number of aromatic amines is 1. The van der Waals surface area contributed by atoms with Gasteiger partial charge in [-0.25, -0.2) is 0 Å². The molecule has 3 heteroatoms. The van der Waals surface area contributed by atoms with Gasteiger partial charge in [-0.3, -0.25) is 0 Å². The second-order valence-corrected chi connectivity index (χ2v) is 4.74. The molecule has 0 bridgehead atoms. The summed E-state index contributed by atoms with van der Waals surface area (Å²) in [5.74, 6) is 0. The van der Waals surface area contributed by atoms with Gasteiger partial charge in [0.05, 0.1) is 17.5 Å². The van der Waals surface area contributed by atoms with Gasteiger partial charge >= 0.3 is 0 Å². The minimum atomic E-state index is 0.359. The molecule has 0 unspecified atom stereocenters. The Morgan fingerprint density at radius 2 is 1.89 bits per heavy atom. The highest BCUT2D eigenvalue weighted by Gasteiger charge is 2.12. The summed E-state index contributed by atoms with van der Waals surface area (Å²) in [6, 6.07) is 16.2. The molecule has 0 aliphatic rings. The van der Waals surface area contributed by atoms with Crippen LogP contribution < -0.4 is 0 Å². The zero-order valence-electron chi connectivity index (χ0n) is 10.2. The smallest absolute Gasteiger partial charge is 0.0670 e. The normalized spacial score (nSPS) is 10.5. The summed E-state index contributed by atoms with van der Waals surface area (Å²) in [6.45, 7) is 0. The third-order valence-electron chi connectivity index (χ3n) is 3.22. The van der Waals surface area contributed by atoms with Crippen LogP contribution in [-0.2, 0) is 6.42 Å². The van der Waals surface area contributed by atoms with Crippen molar-refractivity contribution in [2.75, 3.05) is 0 Å². The van der Waals surface area contributed by atoms with E-state index >= 15 is 0 Å². The van der Waals surface area contributed by atoms with Gasteiger partial charge in [0, 0.05) is 22.7 Å². The van der Waals surface area contributed by atoms with Crippen molar-refractivity contribution < 1.29 is 0 Å². The van der Waals surface area contributed by atoms with Gasteiger partial charge in [0.25, 0.3) is 0 Å². The van der Waals surface area contributed by atoms with Crippen LogP contribution in [0.1, 0.15) is 5.56 Å². The molecule has 0 aliphatic carbocycles. The molecule has 3 rings (SSSR count). The van der Waals surface area contributed by atoms with Crippen molar-refractivity contribution in [2.24, 2.45) is 0 Å². The molecule has 0 atom stereocenters. The van der Waals surface area contributed by atoms with Gasteiger partial charge in [0.2, 0.25) is 0 Å². The Bertz CT molecular complexity index is 767. The van der Waals surface area contributed by atoms with Crippen LogP contribution in [0.4, 0.5) is 0 Å². The van der Waals surface area contributed by atoms with Crippen LogP contribution in [0, 0.1) is 11.3 Å². The maximum Gasteiger partial charge on any atom is 0.0670 e. The number of benzene rings is 2. The van der Waals surface area contributed by atoms with Crippen molar-refractivity contribution in [1.82, 2.24) is 4.98 Å². The first-order valence-electron chi connectivity index (χ1n) is 6.02. The fourth-order valence-electron chi connectivity index (χ4n) is 2.31. The Labute approximate surface area is 116 Å². The third kappa shape index (κ3) is 1.99. The van der Waals surface area contributed by atoms with Gasteiger partial charge in [-0.1, -0.05) is 48.0 Å². The predicted molar refractivity (Wildman–Crippen MR) is 78.1 cm³/mol. The molecular weight excluding hydrogens is 256 g/mol. The molecule has 2 aromatic carbocycles. The monoisotopic (exact) mass is 266 g/mol. The summed E-state index contributed by atoms with van der Waals surface area (Å²) >= 11 is 6.53. The van der Waals surface area contributed by atoms with Crippen molar-refractivity contribution >= 4 is 22.5 Å². The van der Waals surface area contributed by atoms with E-state index in [1.54, 1.807) is 0 Å². The molecule has 0 radical (unpaired) electrons. The van der Waals surface area contributed by atoms with E-state index in [0.717, 1.165) is 27.6 Å². The number of hydrogen-bond acceptors (Lipinski definition) is 1. The van der Waals surface area contributed by atoms with Crippen LogP contribution >= 0.6 is 11.6 Å². The average Bonchev–Trinajstić information content (AvgIpc) is 2.85. The first-order valence-corrected chi connectivity index (χ1v) is 6.40. The van der Waals surface area contributed by atoms with E-state index in [-0.39, 0.29) is 0 Å². The maximum atomic E-state index is 8.87. The molecule has 2 nitrogen and oxygen atoms in total. The van der Waals surface area contributed by atoms with Gasteiger partial charge in [0.15, 0.2) is 0 Å². The molecule has 0 spiro atoms. The molecule has 1 N–H and O–H groups in total. The third-order valence-corrected chi connectivity index (χ3v) is 3.61. The summed E-state index contributed by atoms with van der Waals surface area (Å²) in [5.41, 5.74) is 3.99. The largest absolute Gasteiger partial charge is 0.361 e. The van der Waals surface area contributed by atoms with Crippen LogP contribution in [0.15, 0.2) is 48.7 Å². The second-order valence-electron chi connectivity index (χ2n) is 4.36. The number of nitrogens with zero attached hydrogens (tertiary/aromatic N) is 1. The lowest BCUT2D eigenvalue weighted by molar-refractivity contribution is 1.28. The SMILES string of the molecule is N#CCc1c[nH]c2ccc(-c3ccccc3)c(Cl)c12. The van der Waals surface area contributed by atoms with E-state index in [2.05, 4.69) is 11.1 Å². The Morgan fingerprint density at radius 3 is 2.63 bits per heavy atom. The number of aromatic nitrogens is 1. The lowest BCUT2D eigenvalue weighted by Crippen LogP contribution is -1.83. The Hall–Kier alpha value is -2.24. The van der Waals surface area contributed by atoms with Gasteiger partial charge in [-0.15, -0.1) is 0 Å². The van der Waals surface area contributed by atoms with E-state index in [0.29, 0.717) is 11.4 Å². The minimum absolute atomic E-state index is 0.359. The molecular formula is C16H11ClN2. The summed E-state index contributed by atoms with van der Waals surface area (Å²) < 4.78 is 0. The fraction of sp³-hybridized carbons (Fsp3) is 0.0625. The maximum absolute atomic E-state index is 8.87. The quantitative estimate of drug-likeness (QED) is 0.726. The number of nitriles is 1. The van der Waals surface area contributed by atoms with Crippen molar-refractivity contribution in [2.45, 2.75) is 6.42 Å². The highest BCUT2D eigenvalue weighted by atomic mass is 35.5. The Morgan fingerprint density at radius 1 is 1.11 bits per heavy atom. The topological polar surface area (TPSA) is 39.6 Å².